The molecule has 1 N–H and O–H groups in total. The summed E-state index contributed by atoms with van der Waals surface area (Å²) >= 11 is 0. The molecular formula is C25H35ClFNO2. The minimum Gasteiger partial charge on any atom is -1.00 e. The van der Waals surface area contributed by atoms with Crippen molar-refractivity contribution in [3.05, 3.63) is 64.5 Å². The van der Waals surface area contributed by atoms with E-state index in [1.54, 1.807) is 0 Å². The van der Waals surface area contributed by atoms with Crippen molar-refractivity contribution in [2.45, 2.75) is 59.1 Å². The Morgan fingerprint density at radius 1 is 0.967 bits per heavy atom. The van der Waals surface area contributed by atoms with Crippen LogP contribution in [0.2, 0.25) is 0 Å². The molecule has 3 nitrogen and oxygen atoms in total. The maximum Gasteiger partial charge on any atom is 0.137 e. The number of benzene rings is 2. The van der Waals surface area contributed by atoms with Gasteiger partial charge in [-0.25, -0.2) is 4.39 Å². The molecule has 5 heteroatoms. The Hall–Kier alpha value is -1.62. The van der Waals surface area contributed by atoms with Crippen LogP contribution < -0.4 is 17.1 Å². The first-order valence-corrected chi connectivity index (χ1v) is 10.9. The Kier molecular flexibility index (Phi) is 9.14. The summed E-state index contributed by atoms with van der Waals surface area (Å²) in [6, 6.07) is 11.1. The van der Waals surface area contributed by atoms with E-state index in [9.17, 15) is 9.50 Å². The van der Waals surface area contributed by atoms with Gasteiger partial charge in [-0.1, -0.05) is 29.8 Å². The first-order chi connectivity index (χ1) is 13.9. The highest BCUT2D eigenvalue weighted by atomic mass is 35.5. The lowest BCUT2D eigenvalue weighted by atomic mass is 10.1. The summed E-state index contributed by atoms with van der Waals surface area (Å²) in [4.78, 5) is 0. The van der Waals surface area contributed by atoms with E-state index in [1.807, 2.05) is 12.1 Å². The highest BCUT2D eigenvalue weighted by molar-refractivity contribution is 5.42. The van der Waals surface area contributed by atoms with E-state index in [2.05, 4.69) is 32.9 Å². The normalized spacial score (nSPS) is 17.0. The lowest BCUT2D eigenvalue weighted by molar-refractivity contribution is -0.942. The molecular weight excluding hydrogens is 401 g/mol. The summed E-state index contributed by atoms with van der Waals surface area (Å²) in [6.07, 6.45) is 4.31. The predicted octanol–water partition coefficient (Wildman–Crippen LogP) is 2.09. The fourth-order valence-electron chi connectivity index (χ4n) is 4.82. The number of nitrogens with zero attached hydrogens (tertiary/aromatic N) is 1. The largest absolute Gasteiger partial charge is 1.00 e. The minimum atomic E-state index is -0.534. The van der Waals surface area contributed by atoms with E-state index in [-0.39, 0.29) is 18.2 Å². The molecule has 0 aromatic heterocycles. The number of likely N-dealkylation sites (tertiary alicyclic amines) is 1. The third kappa shape index (κ3) is 6.69. The zero-order valence-corrected chi connectivity index (χ0v) is 19.2. The molecule has 0 spiro atoms. The number of rotatable bonds is 7. The van der Waals surface area contributed by atoms with E-state index in [0.717, 1.165) is 46.6 Å². The maximum atomic E-state index is 13.3. The first-order valence-electron chi connectivity index (χ1n) is 10.9. The van der Waals surface area contributed by atoms with Crippen molar-refractivity contribution < 1.29 is 31.1 Å². The average molecular weight is 436 g/mol. The van der Waals surface area contributed by atoms with Gasteiger partial charge in [-0.2, -0.15) is 0 Å². The molecule has 2 aromatic carbocycles. The SMILES string of the molecule is Cc1cc(C)c(OCC(O)C[N+]2(Cc3ccc(F)cc3)CCCCCC2)c(C)c1.[Cl-]. The highest BCUT2D eigenvalue weighted by Gasteiger charge is 2.32. The van der Waals surface area contributed by atoms with Crippen LogP contribution in [-0.4, -0.2) is 41.9 Å². The second-order valence-corrected chi connectivity index (χ2v) is 8.86. The molecule has 166 valence electrons. The van der Waals surface area contributed by atoms with Crippen LogP contribution in [0.1, 0.15) is 47.9 Å². The first kappa shape index (κ1) is 24.6. The monoisotopic (exact) mass is 435 g/mol. The lowest BCUT2D eigenvalue weighted by Crippen LogP contribution is -3.00. The summed E-state index contributed by atoms with van der Waals surface area (Å²) in [5, 5.41) is 10.9. The number of aliphatic hydroxyl groups is 1. The Morgan fingerprint density at radius 2 is 1.53 bits per heavy atom. The topological polar surface area (TPSA) is 29.5 Å². The smallest absolute Gasteiger partial charge is 0.137 e. The molecule has 0 amide bonds. The van der Waals surface area contributed by atoms with E-state index in [1.165, 1.54) is 43.4 Å². The van der Waals surface area contributed by atoms with Crippen LogP contribution in [0.3, 0.4) is 0 Å². The Labute approximate surface area is 186 Å². The Bertz CT molecular complexity index is 778. The number of aryl methyl sites for hydroxylation is 3. The summed E-state index contributed by atoms with van der Waals surface area (Å²) in [5.74, 6) is 0.684. The number of hydrogen-bond acceptors (Lipinski definition) is 2. The number of halogens is 2. The van der Waals surface area contributed by atoms with Crippen LogP contribution in [-0.2, 0) is 6.54 Å². The average Bonchev–Trinajstić information content (AvgIpc) is 2.88. The fourth-order valence-corrected chi connectivity index (χ4v) is 4.82. The summed E-state index contributed by atoms with van der Waals surface area (Å²) < 4.78 is 20.2. The maximum absolute atomic E-state index is 13.3. The molecule has 1 heterocycles. The van der Waals surface area contributed by atoms with Gasteiger partial charge in [0.2, 0.25) is 0 Å². The molecule has 0 bridgehead atoms. The summed E-state index contributed by atoms with van der Waals surface area (Å²) in [6.45, 7) is 10.1. The van der Waals surface area contributed by atoms with Gasteiger partial charge in [-0.05, 0) is 69.7 Å². The molecule has 0 radical (unpaired) electrons. The third-order valence-electron chi connectivity index (χ3n) is 6.07. The number of ether oxygens (including phenoxy) is 1. The Morgan fingerprint density at radius 3 is 2.10 bits per heavy atom. The molecule has 1 atom stereocenters. The van der Waals surface area contributed by atoms with E-state index < -0.39 is 6.10 Å². The van der Waals surface area contributed by atoms with Crippen LogP contribution in [0, 0.1) is 26.6 Å². The van der Waals surface area contributed by atoms with Crippen LogP contribution >= 0.6 is 0 Å². The molecule has 3 rings (SSSR count). The van der Waals surface area contributed by atoms with Crippen molar-refractivity contribution in [3.8, 4) is 5.75 Å². The Balaban J connectivity index is 0.00000320. The molecule has 30 heavy (non-hydrogen) atoms. The van der Waals surface area contributed by atoms with Gasteiger partial charge in [0.25, 0.3) is 0 Å². The van der Waals surface area contributed by atoms with Gasteiger partial charge >= 0.3 is 0 Å². The lowest BCUT2D eigenvalue weighted by Gasteiger charge is -2.39. The zero-order valence-electron chi connectivity index (χ0n) is 18.5. The quantitative estimate of drug-likeness (QED) is 0.675. The predicted molar refractivity (Wildman–Crippen MR) is 116 cm³/mol. The van der Waals surface area contributed by atoms with Crippen molar-refractivity contribution in [1.29, 1.82) is 0 Å². The molecule has 2 aromatic rings. The van der Waals surface area contributed by atoms with Gasteiger partial charge in [0.05, 0.1) is 13.1 Å². The van der Waals surface area contributed by atoms with Gasteiger partial charge in [0.15, 0.2) is 0 Å². The molecule has 1 fully saturated rings. The van der Waals surface area contributed by atoms with Crippen LogP contribution in [0.5, 0.6) is 5.75 Å². The van der Waals surface area contributed by atoms with Gasteiger partial charge in [0.1, 0.15) is 37.4 Å². The third-order valence-corrected chi connectivity index (χ3v) is 6.07. The fraction of sp³-hybridized carbons (Fsp3) is 0.520. The van der Waals surface area contributed by atoms with Crippen LogP contribution in [0.4, 0.5) is 4.39 Å². The summed E-state index contributed by atoms with van der Waals surface area (Å²) in [5.41, 5.74) is 4.58. The van der Waals surface area contributed by atoms with Gasteiger partial charge in [-0.3, -0.25) is 0 Å². The second kappa shape index (κ2) is 11.1. The highest BCUT2D eigenvalue weighted by Crippen LogP contribution is 2.26. The van der Waals surface area contributed by atoms with E-state index in [0.29, 0.717) is 13.2 Å². The molecule has 1 aliphatic heterocycles. The van der Waals surface area contributed by atoms with Crippen molar-refractivity contribution in [3.63, 3.8) is 0 Å². The van der Waals surface area contributed by atoms with Crippen molar-refractivity contribution in [2.24, 2.45) is 0 Å². The van der Waals surface area contributed by atoms with Crippen molar-refractivity contribution in [2.75, 3.05) is 26.2 Å². The summed E-state index contributed by atoms with van der Waals surface area (Å²) in [7, 11) is 0. The van der Waals surface area contributed by atoms with E-state index in [4.69, 9.17) is 4.74 Å². The molecule has 1 unspecified atom stereocenters. The number of hydrogen-bond donors (Lipinski definition) is 1. The van der Waals surface area contributed by atoms with Gasteiger partial charge in [-0.15, -0.1) is 0 Å². The molecule has 1 aliphatic rings. The van der Waals surface area contributed by atoms with Crippen LogP contribution in [0.25, 0.3) is 0 Å². The van der Waals surface area contributed by atoms with Crippen molar-refractivity contribution in [1.82, 2.24) is 0 Å². The minimum absolute atomic E-state index is 0. The second-order valence-electron chi connectivity index (χ2n) is 8.86. The van der Waals surface area contributed by atoms with E-state index >= 15 is 0 Å². The van der Waals surface area contributed by atoms with Gasteiger partial charge < -0.3 is 26.7 Å². The number of quaternary nitrogens is 1. The molecule has 0 saturated carbocycles. The van der Waals surface area contributed by atoms with Gasteiger partial charge in [0, 0.05) is 5.56 Å². The molecule has 0 aliphatic carbocycles. The van der Waals surface area contributed by atoms with Crippen LogP contribution in [0.15, 0.2) is 36.4 Å². The zero-order chi connectivity index (χ0) is 20.9. The standard InChI is InChI=1S/C25H35FNO2.ClH/c1-19-14-20(2)25(21(3)15-19)29-18-24(28)17-27(12-6-4-5-7-13-27)16-22-8-10-23(26)11-9-22;/h8-11,14-15,24,28H,4-7,12-13,16-18H2,1-3H3;1H/q+1;/p-1. The number of aliphatic hydroxyl groups excluding tert-OH is 1. The molecule has 1 saturated heterocycles. The van der Waals surface area contributed by atoms with Crippen molar-refractivity contribution >= 4 is 0 Å².